The number of anilines is 1. The van der Waals surface area contributed by atoms with Crippen LogP contribution < -0.4 is 5.73 Å². The van der Waals surface area contributed by atoms with Gasteiger partial charge in [-0.1, -0.05) is 12.1 Å². The Morgan fingerprint density at radius 1 is 1.24 bits per heavy atom. The minimum Gasteiger partial charge on any atom is -0.396 e. The van der Waals surface area contributed by atoms with Gasteiger partial charge in [0.1, 0.15) is 0 Å². The van der Waals surface area contributed by atoms with Crippen LogP contribution in [0, 0.1) is 3.57 Å². The van der Waals surface area contributed by atoms with E-state index in [1.165, 1.54) is 9.77 Å². The van der Waals surface area contributed by atoms with Crippen molar-refractivity contribution in [1.29, 1.82) is 0 Å². The van der Waals surface area contributed by atoms with Gasteiger partial charge in [-0.25, -0.2) is 0 Å². The van der Waals surface area contributed by atoms with Crippen LogP contribution in [-0.2, 0) is 16.6 Å². The van der Waals surface area contributed by atoms with Crippen LogP contribution >= 0.6 is 22.6 Å². The fourth-order valence-corrected chi connectivity index (χ4v) is 2.95. The second-order valence-corrected chi connectivity index (χ2v) is 6.20. The van der Waals surface area contributed by atoms with Gasteiger partial charge in [-0.15, -0.1) is 0 Å². The number of nitrogens with two attached hydrogens (primary N) is 1. The monoisotopic (exact) mass is 358 g/mol. The molecule has 17 heavy (non-hydrogen) atoms. The zero-order chi connectivity index (χ0) is 12.3. The van der Waals surface area contributed by atoms with Gasteiger partial charge >= 0.3 is 0 Å². The quantitative estimate of drug-likeness (QED) is 0.859. The molecular weight excluding hydrogens is 347 g/mol. The Balaban J connectivity index is 2.17. The van der Waals surface area contributed by atoms with E-state index in [0.29, 0.717) is 16.3 Å². The number of pyridine rings is 1. The SMILES string of the molecule is Nc1cnccc1S(=O)Cc1ccc(I)cc1. The second kappa shape index (κ2) is 5.59. The molecule has 0 amide bonds. The molecular formula is C12H11IN2OS. The lowest BCUT2D eigenvalue weighted by Gasteiger charge is -2.05. The maximum absolute atomic E-state index is 12.1. The molecule has 0 bridgehead atoms. The molecule has 0 aliphatic rings. The van der Waals surface area contributed by atoms with Gasteiger partial charge in [0, 0.05) is 9.77 Å². The van der Waals surface area contributed by atoms with Crippen LogP contribution in [0.15, 0.2) is 47.6 Å². The fraction of sp³-hybridized carbons (Fsp3) is 0.0833. The van der Waals surface area contributed by atoms with E-state index in [1.807, 2.05) is 24.3 Å². The van der Waals surface area contributed by atoms with E-state index in [2.05, 4.69) is 27.6 Å². The highest BCUT2D eigenvalue weighted by Crippen LogP contribution is 2.18. The Labute approximate surface area is 116 Å². The zero-order valence-electron chi connectivity index (χ0n) is 8.97. The zero-order valence-corrected chi connectivity index (χ0v) is 11.9. The summed E-state index contributed by atoms with van der Waals surface area (Å²) in [5.41, 5.74) is 7.27. The Morgan fingerprint density at radius 3 is 2.59 bits per heavy atom. The van der Waals surface area contributed by atoms with E-state index in [1.54, 1.807) is 12.3 Å². The molecule has 0 aliphatic carbocycles. The molecule has 3 nitrogen and oxygen atoms in total. The van der Waals surface area contributed by atoms with Crippen molar-refractivity contribution in [3.63, 3.8) is 0 Å². The minimum atomic E-state index is -1.12. The lowest BCUT2D eigenvalue weighted by molar-refractivity contribution is 0.683. The first-order chi connectivity index (χ1) is 8.16. The molecule has 0 fully saturated rings. The summed E-state index contributed by atoms with van der Waals surface area (Å²) in [6.45, 7) is 0. The summed E-state index contributed by atoms with van der Waals surface area (Å²) in [5, 5.41) is 0. The molecule has 2 N–H and O–H groups in total. The van der Waals surface area contributed by atoms with Crippen molar-refractivity contribution in [3.05, 3.63) is 51.9 Å². The molecule has 2 aromatic rings. The number of nitrogen functional groups attached to an aromatic ring is 1. The van der Waals surface area contributed by atoms with E-state index in [9.17, 15) is 4.21 Å². The van der Waals surface area contributed by atoms with Crippen LogP contribution in [0.25, 0.3) is 0 Å². The lowest BCUT2D eigenvalue weighted by atomic mass is 10.2. The fourth-order valence-electron chi connectivity index (χ4n) is 1.41. The molecule has 5 heteroatoms. The Hall–Kier alpha value is -0.950. The van der Waals surface area contributed by atoms with Crippen LogP contribution in [0.1, 0.15) is 5.56 Å². The van der Waals surface area contributed by atoms with Gasteiger partial charge in [-0.3, -0.25) is 9.19 Å². The maximum Gasteiger partial charge on any atom is 0.0664 e. The number of benzene rings is 1. The minimum absolute atomic E-state index is 0.477. The first-order valence-corrected chi connectivity index (χ1v) is 7.39. The summed E-state index contributed by atoms with van der Waals surface area (Å²) < 4.78 is 13.3. The third-order valence-electron chi connectivity index (χ3n) is 2.27. The molecule has 0 saturated heterocycles. The van der Waals surface area contributed by atoms with Crippen LogP contribution in [0.5, 0.6) is 0 Å². The molecule has 1 aromatic carbocycles. The molecule has 1 heterocycles. The van der Waals surface area contributed by atoms with Crippen molar-refractivity contribution in [1.82, 2.24) is 4.98 Å². The molecule has 0 spiro atoms. The first-order valence-electron chi connectivity index (χ1n) is 4.99. The number of aromatic nitrogens is 1. The largest absolute Gasteiger partial charge is 0.396 e. The Kier molecular flexibility index (Phi) is 4.11. The predicted molar refractivity (Wildman–Crippen MR) is 77.9 cm³/mol. The van der Waals surface area contributed by atoms with Gasteiger partial charge in [-0.2, -0.15) is 0 Å². The number of nitrogens with zero attached hydrogens (tertiary/aromatic N) is 1. The van der Waals surface area contributed by atoms with Crippen molar-refractivity contribution in [2.75, 3.05) is 5.73 Å². The third kappa shape index (κ3) is 3.26. The standard InChI is InChI=1S/C12H11IN2OS/c13-10-3-1-9(2-4-10)8-17(16)12-5-6-15-7-11(12)14/h1-7H,8,14H2. The van der Waals surface area contributed by atoms with Crippen LogP contribution in [-0.4, -0.2) is 9.19 Å². The molecule has 1 unspecified atom stereocenters. The maximum atomic E-state index is 12.1. The van der Waals surface area contributed by atoms with Crippen molar-refractivity contribution >= 4 is 39.1 Å². The van der Waals surface area contributed by atoms with E-state index < -0.39 is 10.8 Å². The summed E-state index contributed by atoms with van der Waals surface area (Å²) in [7, 11) is -1.12. The van der Waals surface area contributed by atoms with Crippen LogP contribution in [0.2, 0.25) is 0 Å². The molecule has 2 rings (SSSR count). The van der Waals surface area contributed by atoms with Crippen molar-refractivity contribution in [3.8, 4) is 0 Å². The summed E-state index contributed by atoms with van der Waals surface area (Å²) in [4.78, 5) is 4.54. The topological polar surface area (TPSA) is 56.0 Å². The molecule has 88 valence electrons. The summed E-state index contributed by atoms with van der Waals surface area (Å²) in [6, 6.07) is 9.68. The van der Waals surface area contributed by atoms with Gasteiger partial charge in [0.05, 0.1) is 33.3 Å². The summed E-state index contributed by atoms with van der Waals surface area (Å²) in [5.74, 6) is 0.477. The average Bonchev–Trinajstić information content (AvgIpc) is 2.32. The highest BCUT2D eigenvalue weighted by molar-refractivity contribution is 14.1. The second-order valence-electron chi connectivity index (χ2n) is 3.53. The van der Waals surface area contributed by atoms with Crippen LogP contribution in [0.3, 0.4) is 0 Å². The van der Waals surface area contributed by atoms with E-state index >= 15 is 0 Å². The Bertz CT molecular complexity index is 542. The molecule has 1 atom stereocenters. The third-order valence-corrected chi connectivity index (χ3v) is 4.44. The normalized spacial score (nSPS) is 12.3. The number of rotatable bonds is 3. The average molecular weight is 358 g/mol. The highest BCUT2D eigenvalue weighted by Gasteiger charge is 2.08. The molecule has 0 saturated carbocycles. The van der Waals surface area contributed by atoms with Crippen molar-refractivity contribution in [2.24, 2.45) is 0 Å². The van der Waals surface area contributed by atoms with Gasteiger partial charge in [-0.05, 0) is 46.4 Å². The van der Waals surface area contributed by atoms with Crippen molar-refractivity contribution in [2.45, 2.75) is 10.6 Å². The first kappa shape index (κ1) is 12.5. The van der Waals surface area contributed by atoms with E-state index in [0.717, 1.165) is 5.56 Å². The van der Waals surface area contributed by atoms with Gasteiger partial charge < -0.3 is 5.73 Å². The lowest BCUT2D eigenvalue weighted by Crippen LogP contribution is -2.01. The summed E-state index contributed by atoms with van der Waals surface area (Å²) >= 11 is 2.24. The van der Waals surface area contributed by atoms with Crippen molar-refractivity contribution < 1.29 is 4.21 Å². The number of halogens is 1. The molecule has 0 aliphatic heterocycles. The van der Waals surface area contributed by atoms with Gasteiger partial charge in [0.25, 0.3) is 0 Å². The molecule has 1 aromatic heterocycles. The Morgan fingerprint density at radius 2 is 1.94 bits per heavy atom. The van der Waals surface area contributed by atoms with E-state index in [4.69, 9.17) is 5.73 Å². The smallest absolute Gasteiger partial charge is 0.0664 e. The van der Waals surface area contributed by atoms with Gasteiger partial charge in [0.15, 0.2) is 0 Å². The van der Waals surface area contributed by atoms with Gasteiger partial charge in [0.2, 0.25) is 0 Å². The number of hydrogen-bond acceptors (Lipinski definition) is 3. The predicted octanol–water partition coefficient (Wildman–Crippen LogP) is 2.58. The molecule has 0 radical (unpaired) electrons. The summed E-state index contributed by atoms with van der Waals surface area (Å²) in [6.07, 6.45) is 3.14. The number of hydrogen-bond donors (Lipinski definition) is 1. The van der Waals surface area contributed by atoms with E-state index in [-0.39, 0.29) is 0 Å². The highest BCUT2D eigenvalue weighted by atomic mass is 127. The van der Waals surface area contributed by atoms with Crippen LogP contribution in [0.4, 0.5) is 5.69 Å².